The van der Waals surface area contributed by atoms with E-state index in [0.29, 0.717) is 17.3 Å². The molecule has 0 saturated heterocycles. The van der Waals surface area contributed by atoms with Crippen LogP contribution in [0.5, 0.6) is 5.75 Å². The molecule has 1 amide bonds. The van der Waals surface area contributed by atoms with Gasteiger partial charge in [0.2, 0.25) is 0 Å². The van der Waals surface area contributed by atoms with Gasteiger partial charge in [-0.3, -0.25) is 15.0 Å². The zero-order valence-electron chi connectivity index (χ0n) is 17.5. The molecule has 0 fully saturated rings. The number of aromatic nitrogens is 1. The van der Waals surface area contributed by atoms with Crippen LogP contribution in [0, 0.1) is 0 Å². The summed E-state index contributed by atoms with van der Waals surface area (Å²) in [5, 5.41) is 3.51. The minimum Gasteiger partial charge on any atom is -0.489 e. The molecule has 1 N–H and O–H groups in total. The second-order valence-corrected chi connectivity index (χ2v) is 8.82. The molecule has 2 aromatic heterocycles. The van der Waals surface area contributed by atoms with Crippen molar-refractivity contribution in [3.8, 4) is 5.75 Å². The van der Waals surface area contributed by atoms with Gasteiger partial charge in [-0.15, -0.1) is 11.3 Å². The minimum atomic E-state index is -0.198. The number of thiazole rings is 1. The molecule has 0 atom stereocenters. The van der Waals surface area contributed by atoms with Crippen LogP contribution in [0.4, 0.5) is 5.13 Å². The largest absolute Gasteiger partial charge is 0.489 e. The molecule has 1 aliphatic rings. The predicted molar refractivity (Wildman–Crippen MR) is 124 cm³/mol. The summed E-state index contributed by atoms with van der Waals surface area (Å²) in [6.45, 7) is 3.21. The molecular formula is C25H23N3O3S. The lowest BCUT2D eigenvalue weighted by Gasteiger charge is -2.25. The SMILES string of the molecule is O=C(Nc1nc2c(s1)CN(Cc1ccc(OCc3ccccc3)cc1)CC2)c1ccoc1. The molecular weight excluding hydrogens is 422 g/mol. The number of furan rings is 1. The highest BCUT2D eigenvalue weighted by Crippen LogP contribution is 2.29. The first-order chi connectivity index (χ1) is 15.7. The number of hydrogen-bond donors (Lipinski definition) is 1. The fraction of sp³-hybridized carbons (Fsp3) is 0.200. The van der Waals surface area contributed by atoms with Gasteiger partial charge in [-0.05, 0) is 29.3 Å². The highest BCUT2D eigenvalue weighted by molar-refractivity contribution is 7.15. The van der Waals surface area contributed by atoms with Gasteiger partial charge in [-0.25, -0.2) is 4.98 Å². The number of nitrogens with one attached hydrogen (secondary N) is 1. The van der Waals surface area contributed by atoms with Crippen LogP contribution in [0.15, 0.2) is 77.6 Å². The maximum atomic E-state index is 12.2. The smallest absolute Gasteiger partial charge is 0.260 e. The van der Waals surface area contributed by atoms with Crippen LogP contribution in [0.25, 0.3) is 0 Å². The monoisotopic (exact) mass is 445 g/mol. The molecule has 6 nitrogen and oxygen atoms in total. The van der Waals surface area contributed by atoms with Crippen molar-refractivity contribution in [1.82, 2.24) is 9.88 Å². The van der Waals surface area contributed by atoms with E-state index in [0.717, 1.165) is 43.1 Å². The second-order valence-electron chi connectivity index (χ2n) is 7.73. The van der Waals surface area contributed by atoms with Crippen molar-refractivity contribution in [1.29, 1.82) is 0 Å². The first kappa shape index (κ1) is 20.5. The second kappa shape index (κ2) is 9.38. The van der Waals surface area contributed by atoms with E-state index >= 15 is 0 Å². The Hall–Kier alpha value is -3.42. The maximum absolute atomic E-state index is 12.2. The number of fused-ring (bicyclic) bond motifs is 1. The van der Waals surface area contributed by atoms with Gasteiger partial charge in [0.05, 0.1) is 17.5 Å². The van der Waals surface area contributed by atoms with Gasteiger partial charge in [-0.2, -0.15) is 0 Å². The van der Waals surface area contributed by atoms with E-state index in [2.05, 4.69) is 39.5 Å². The number of benzene rings is 2. The average molecular weight is 446 g/mol. The van der Waals surface area contributed by atoms with Crippen molar-refractivity contribution < 1.29 is 13.9 Å². The minimum absolute atomic E-state index is 0.198. The van der Waals surface area contributed by atoms with Crippen molar-refractivity contribution in [2.24, 2.45) is 0 Å². The Bertz CT molecular complexity index is 1170. The van der Waals surface area contributed by atoms with Crippen LogP contribution in [0.1, 0.15) is 32.1 Å². The van der Waals surface area contributed by atoms with Gasteiger partial charge >= 0.3 is 0 Å². The molecule has 2 aromatic carbocycles. The molecule has 3 heterocycles. The Morgan fingerprint density at radius 3 is 2.72 bits per heavy atom. The highest BCUT2D eigenvalue weighted by atomic mass is 32.1. The average Bonchev–Trinajstić information content (AvgIpc) is 3.49. The fourth-order valence-corrected chi connectivity index (χ4v) is 4.74. The number of hydrogen-bond acceptors (Lipinski definition) is 6. The Morgan fingerprint density at radius 1 is 1.09 bits per heavy atom. The lowest BCUT2D eigenvalue weighted by molar-refractivity contribution is 0.102. The van der Waals surface area contributed by atoms with E-state index in [1.807, 2.05) is 30.3 Å². The molecule has 32 heavy (non-hydrogen) atoms. The lowest BCUT2D eigenvalue weighted by Crippen LogP contribution is -2.29. The molecule has 4 aromatic rings. The van der Waals surface area contributed by atoms with E-state index in [4.69, 9.17) is 9.15 Å². The Kier molecular flexibility index (Phi) is 6.00. The van der Waals surface area contributed by atoms with Crippen molar-refractivity contribution in [2.75, 3.05) is 11.9 Å². The van der Waals surface area contributed by atoms with Crippen LogP contribution in [-0.2, 0) is 26.1 Å². The van der Waals surface area contributed by atoms with E-state index in [-0.39, 0.29) is 5.91 Å². The summed E-state index contributed by atoms with van der Waals surface area (Å²) < 4.78 is 10.9. The predicted octanol–water partition coefficient (Wildman–Crippen LogP) is 5.13. The summed E-state index contributed by atoms with van der Waals surface area (Å²) >= 11 is 1.55. The molecule has 0 saturated carbocycles. The van der Waals surface area contributed by atoms with E-state index in [9.17, 15) is 4.79 Å². The zero-order chi connectivity index (χ0) is 21.8. The first-order valence-corrected chi connectivity index (χ1v) is 11.3. The number of ether oxygens (including phenoxy) is 1. The number of anilines is 1. The van der Waals surface area contributed by atoms with Crippen molar-refractivity contribution in [3.05, 3.63) is 100 Å². The quantitative estimate of drug-likeness (QED) is 0.427. The van der Waals surface area contributed by atoms with Crippen LogP contribution in [-0.4, -0.2) is 22.3 Å². The van der Waals surface area contributed by atoms with Gasteiger partial charge in [0.25, 0.3) is 5.91 Å². The topological polar surface area (TPSA) is 67.6 Å². The van der Waals surface area contributed by atoms with E-state index in [1.54, 1.807) is 17.4 Å². The van der Waals surface area contributed by atoms with Gasteiger partial charge in [0.15, 0.2) is 5.13 Å². The number of amides is 1. The Labute approximate surface area is 190 Å². The number of carbonyl (C=O) groups excluding carboxylic acids is 1. The standard InChI is InChI=1S/C25H23N3O3S/c29-24(20-11-13-30-17-20)27-25-26-22-10-12-28(15-23(22)32-25)14-18-6-8-21(9-7-18)31-16-19-4-2-1-3-5-19/h1-9,11,13,17H,10,12,14-16H2,(H,26,27,29). The summed E-state index contributed by atoms with van der Waals surface area (Å²) in [6, 6.07) is 20.1. The summed E-state index contributed by atoms with van der Waals surface area (Å²) in [4.78, 5) is 20.4. The number of nitrogens with zero attached hydrogens (tertiary/aromatic N) is 2. The highest BCUT2D eigenvalue weighted by Gasteiger charge is 2.22. The first-order valence-electron chi connectivity index (χ1n) is 10.5. The molecule has 0 aliphatic carbocycles. The summed E-state index contributed by atoms with van der Waals surface area (Å²) in [5.41, 5.74) is 3.98. The molecule has 0 unspecified atom stereocenters. The summed E-state index contributed by atoms with van der Waals surface area (Å²) in [7, 11) is 0. The maximum Gasteiger partial charge on any atom is 0.260 e. The van der Waals surface area contributed by atoms with Crippen LogP contribution >= 0.6 is 11.3 Å². The van der Waals surface area contributed by atoms with E-state index in [1.165, 1.54) is 23.0 Å². The molecule has 5 rings (SSSR count). The van der Waals surface area contributed by atoms with E-state index < -0.39 is 0 Å². The third kappa shape index (κ3) is 4.90. The summed E-state index contributed by atoms with van der Waals surface area (Å²) in [5.74, 6) is 0.676. The van der Waals surface area contributed by atoms with Gasteiger partial charge in [0.1, 0.15) is 18.6 Å². The van der Waals surface area contributed by atoms with Gasteiger partial charge < -0.3 is 9.15 Å². The molecule has 162 valence electrons. The lowest BCUT2D eigenvalue weighted by atomic mass is 10.1. The normalized spacial score (nSPS) is 13.5. The van der Waals surface area contributed by atoms with Gasteiger partial charge in [-0.1, -0.05) is 42.5 Å². The molecule has 0 spiro atoms. The van der Waals surface area contributed by atoms with Gasteiger partial charge in [0, 0.05) is 30.9 Å². The molecule has 0 bridgehead atoms. The van der Waals surface area contributed by atoms with Crippen LogP contribution in [0.3, 0.4) is 0 Å². The third-order valence-corrected chi connectivity index (χ3v) is 6.39. The van der Waals surface area contributed by atoms with Crippen molar-refractivity contribution in [2.45, 2.75) is 26.1 Å². The van der Waals surface area contributed by atoms with Crippen LogP contribution in [0.2, 0.25) is 0 Å². The zero-order valence-corrected chi connectivity index (χ0v) is 18.3. The van der Waals surface area contributed by atoms with Crippen molar-refractivity contribution >= 4 is 22.4 Å². The van der Waals surface area contributed by atoms with Crippen LogP contribution < -0.4 is 10.1 Å². The molecule has 0 radical (unpaired) electrons. The molecule has 7 heteroatoms. The Balaban J connectivity index is 1.15. The number of rotatable bonds is 7. The third-order valence-electron chi connectivity index (χ3n) is 5.39. The summed E-state index contributed by atoms with van der Waals surface area (Å²) in [6.07, 6.45) is 3.80. The Morgan fingerprint density at radius 2 is 1.94 bits per heavy atom. The molecule has 1 aliphatic heterocycles. The van der Waals surface area contributed by atoms with Crippen molar-refractivity contribution in [3.63, 3.8) is 0 Å². The fourth-order valence-electron chi connectivity index (χ4n) is 3.69. The number of carbonyl (C=O) groups is 1.